The van der Waals surface area contributed by atoms with Crippen molar-refractivity contribution in [1.82, 2.24) is 0 Å². The maximum atomic E-state index is 6.92. The Balaban J connectivity index is 1.62. The van der Waals surface area contributed by atoms with Gasteiger partial charge in [0.15, 0.2) is 23.9 Å². The van der Waals surface area contributed by atoms with Crippen molar-refractivity contribution in [2.75, 3.05) is 0 Å². The highest BCUT2D eigenvalue weighted by molar-refractivity contribution is 5.84. The van der Waals surface area contributed by atoms with E-state index in [1.165, 1.54) is 11.1 Å². The van der Waals surface area contributed by atoms with Crippen molar-refractivity contribution >= 4 is 23.8 Å². The van der Waals surface area contributed by atoms with E-state index >= 15 is 0 Å². The number of fused-ring (bicyclic) bond motifs is 2. The fourth-order valence-corrected chi connectivity index (χ4v) is 5.12. The number of ether oxygens (including phenoxy) is 2. The minimum Gasteiger partial charge on any atom is -0.340 e. The first kappa shape index (κ1) is 19.3. The summed E-state index contributed by atoms with van der Waals surface area (Å²) in [6.07, 6.45) is 4.26. The molecule has 0 atom stereocenters. The zero-order chi connectivity index (χ0) is 22.9. The minimum absolute atomic E-state index is 0.191. The third kappa shape index (κ3) is 2.59. The van der Waals surface area contributed by atoms with E-state index in [0.717, 1.165) is 34.0 Å². The SMILES string of the molecule is CC1(C)c2ccc3c(c2)OC2(Oc4cc1ccc4C=[N+]2c1ccccc1)[N+](c1ccccc1)=C3. The molecule has 3 aliphatic rings. The van der Waals surface area contributed by atoms with Gasteiger partial charge in [0.1, 0.15) is 0 Å². The van der Waals surface area contributed by atoms with Gasteiger partial charge in [-0.1, -0.05) is 71.5 Å². The maximum absolute atomic E-state index is 6.92. The molecule has 34 heavy (non-hydrogen) atoms. The summed E-state index contributed by atoms with van der Waals surface area (Å²) in [6, 6.07) is 32.3. The molecule has 0 fully saturated rings. The number of nitrogens with zero attached hydrogens (tertiary/aromatic N) is 2. The summed E-state index contributed by atoms with van der Waals surface area (Å²) in [5, 5.41) is 0. The summed E-state index contributed by atoms with van der Waals surface area (Å²) in [7, 11) is 0. The summed E-state index contributed by atoms with van der Waals surface area (Å²) in [5.41, 5.74) is 6.20. The quantitative estimate of drug-likeness (QED) is 0.357. The van der Waals surface area contributed by atoms with Crippen molar-refractivity contribution in [3.63, 3.8) is 0 Å². The second-order valence-electron chi connectivity index (χ2n) is 9.55. The smallest absolute Gasteiger partial charge is 0.340 e. The fraction of sp³-hybridized carbons (Fsp3) is 0.133. The molecular weight excluding hydrogens is 420 g/mol. The Morgan fingerprint density at radius 2 is 1.00 bits per heavy atom. The Hall–Kier alpha value is -4.18. The average Bonchev–Trinajstić information content (AvgIpc) is 2.87. The molecule has 0 saturated heterocycles. The van der Waals surface area contributed by atoms with Gasteiger partial charge in [0.25, 0.3) is 0 Å². The summed E-state index contributed by atoms with van der Waals surface area (Å²) < 4.78 is 18.0. The van der Waals surface area contributed by atoms with Gasteiger partial charge in [-0.15, -0.1) is 0 Å². The lowest BCUT2D eigenvalue weighted by atomic mass is 9.77. The summed E-state index contributed by atoms with van der Waals surface area (Å²) in [6.45, 7) is 4.49. The lowest BCUT2D eigenvalue weighted by Gasteiger charge is -2.34. The van der Waals surface area contributed by atoms with Gasteiger partial charge in [0, 0.05) is 29.7 Å². The Morgan fingerprint density at radius 3 is 1.44 bits per heavy atom. The van der Waals surface area contributed by atoms with Crippen molar-refractivity contribution in [3.05, 3.63) is 119 Å². The molecule has 0 aliphatic carbocycles. The first-order chi connectivity index (χ1) is 16.5. The molecule has 0 saturated carbocycles. The van der Waals surface area contributed by atoms with Crippen LogP contribution in [0.2, 0.25) is 0 Å². The third-order valence-electron chi connectivity index (χ3n) is 7.17. The lowest BCUT2D eigenvalue weighted by Crippen LogP contribution is -2.62. The molecule has 7 rings (SSSR count). The molecule has 1 spiro atoms. The van der Waals surface area contributed by atoms with E-state index < -0.39 is 6.03 Å². The van der Waals surface area contributed by atoms with Crippen LogP contribution in [0.25, 0.3) is 0 Å². The zero-order valence-corrected chi connectivity index (χ0v) is 19.1. The van der Waals surface area contributed by atoms with Gasteiger partial charge >= 0.3 is 6.03 Å². The van der Waals surface area contributed by atoms with Gasteiger partial charge in [-0.2, -0.15) is 0 Å². The van der Waals surface area contributed by atoms with E-state index in [1.807, 2.05) is 36.4 Å². The first-order valence-corrected chi connectivity index (χ1v) is 11.6. The topological polar surface area (TPSA) is 24.5 Å². The molecule has 0 unspecified atom stereocenters. The van der Waals surface area contributed by atoms with Gasteiger partial charge in [-0.3, -0.25) is 0 Å². The van der Waals surface area contributed by atoms with Crippen LogP contribution in [0.1, 0.15) is 36.1 Å². The van der Waals surface area contributed by atoms with Crippen molar-refractivity contribution in [2.24, 2.45) is 0 Å². The number of hydrogen-bond acceptors (Lipinski definition) is 2. The number of hydrogen-bond donors (Lipinski definition) is 0. The van der Waals surface area contributed by atoms with Gasteiger partial charge in [0.2, 0.25) is 11.4 Å². The molecule has 164 valence electrons. The second-order valence-corrected chi connectivity index (χ2v) is 9.55. The molecule has 4 aromatic rings. The van der Waals surface area contributed by atoms with Crippen molar-refractivity contribution in [2.45, 2.75) is 25.3 Å². The molecule has 0 amide bonds. The lowest BCUT2D eigenvalue weighted by molar-refractivity contribution is -0.855. The van der Waals surface area contributed by atoms with Crippen LogP contribution in [0, 0.1) is 0 Å². The average molecular weight is 445 g/mol. The molecule has 0 N–H and O–H groups in total. The largest absolute Gasteiger partial charge is 0.714 e. The number of para-hydroxylation sites is 2. The monoisotopic (exact) mass is 444 g/mol. The minimum atomic E-state index is -1.26. The highest BCUT2D eigenvalue weighted by atomic mass is 16.7. The molecule has 0 radical (unpaired) electrons. The van der Waals surface area contributed by atoms with Crippen LogP contribution in [-0.4, -0.2) is 27.6 Å². The first-order valence-electron chi connectivity index (χ1n) is 11.6. The molecular formula is C30H24N2O2+2. The van der Waals surface area contributed by atoms with Crippen LogP contribution in [0.5, 0.6) is 11.5 Å². The van der Waals surface area contributed by atoms with E-state index in [0.29, 0.717) is 0 Å². The Kier molecular flexibility index (Phi) is 3.79. The van der Waals surface area contributed by atoms with Crippen LogP contribution in [-0.2, 0) is 5.41 Å². The zero-order valence-electron chi connectivity index (χ0n) is 19.1. The molecule has 4 heteroatoms. The summed E-state index contributed by atoms with van der Waals surface area (Å²) >= 11 is 0. The highest BCUT2D eigenvalue weighted by Gasteiger charge is 2.66. The Bertz CT molecular complexity index is 1400. The van der Waals surface area contributed by atoms with Crippen molar-refractivity contribution < 1.29 is 18.6 Å². The standard InChI is InChI=1S/C30H24N2O2/c1-29(2)23-15-13-21-19-31(25-9-5-3-6-10-25)30(33-27(21)17-23)32(26-11-7-4-8-12-26)20-22-14-16-24(29)18-28(22)34-30/h3-20H,1-2H3/q+2. The van der Waals surface area contributed by atoms with E-state index in [1.54, 1.807) is 0 Å². The predicted octanol–water partition coefficient (Wildman–Crippen LogP) is 5.95. The van der Waals surface area contributed by atoms with Gasteiger partial charge < -0.3 is 9.47 Å². The van der Waals surface area contributed by atoms with Crippen molar-refractivity contribution in [1.29, 1.82) is 0 Å². The summed E-state index contributed by atoms with van der Waals surface area (Å²) in [4.78, 5) is 0. The normalized spacial score (nSPS) is 17.8. The summed E-state index contributed by atoms with van der Waals surface area (Å²) in [5.74, 6) is 1.61. The Morgan fingerprint density at radius 1 is 0.559 bits per heavy atom. The van der Waals surface area contributed by atoms with E-state index in [4.69, 9.17) is 9.47 Å². The molecule has 4 aromatic carbocycles. The van der Waals surface area contributed by atoms with E-state index in [2.05, 4.69) is 96.1 Å². The number of benzene rings is 4. The molecule has 5 bridgehead atoms. The fourth-order valence-electron chi connectivity index (χ4n) is 5.12. The van der Waals surface area contributed by atoms with Gasteiger partial charge in [-0.25, -0.2) is 0 Å². The third-order valence-corrected chi connectivity index (χ3v) is 7.17. The molecule has 4 nitrogen and oxygen atoms in total. The van der Waals surface area contributed by atoms with Crippen molar-refractivity contribution in [3.8, 4) is 11.5 Å². The highest BCUT2D eigenvalue weighted by Crippen LogP contribution is 2.45. The van der Waals surface area contributed by atoms with Gasteiger partial charge in [-0.05, 0) is 35.4 Å². The van der Waals surface area contributed by atoms with Crippen LogP contribution < -0.4 is 9.47 Å². The molecule has 3 aliphatic heterocycles. The number of rotatable bonds is 2. The van der Waals surface area contributed by atoms with Gasteiger partial charge in [0.05, 0.1) is 11.1 Å². The molecule has 3 heterocycles. The van der Waals surface area contributed by atoms with Crippen LogP contribution in [0.15, 0.2) is 97.1 Å². The second kappa shape index (κ2) is 6.67. The maximum Gasteiger partial charge on any atom is 0.714 e. The van der Waals surface area contributed by atoms with Crippen LogP contribution in [0.4, 0.5) is 11.4 Å². The van der Waals surface area contributed by atoms with Crippen LogP contribution in [0.3, 0.4) is 0 Å². The van der Waals surface area contributed by atoms with E-state index in [9.17, 15) is 0 Å². The molecule has 0 aromatic heterocycles. The predicted molar refractivity (Wildman–Crippen MR) is 132 cm³/mol. The van der Waals surface area contributed by atoms with E-state index in [-0.39, 0.29) is 5.41 Å². The Labute approximate surface area is 198 Å². The van der Waals surface area contributed by atoms with Crippen LogP contribution >= 0.6 is 0 Å².